The number of hydrogen-bond acceptors (Lipinski definition) is 4. The van der Waals surface area contributed by atoms with Crippen LogP contribution in [0.4, 0.5) is 0 Å². The van der Waals surface area contributed by atoms with Gasteiger partial charge in [0.25, 0.3) is 5.91 Å². The van der Waals surface area contributed by atoms with Gasteiger partial charge in [0.2, 0.25) is 0 Å². The van der Waals surface area contributed by atoms with Crippen molar-refractivity contribution in [1.82, 2.24) is 14.5 Å². The summed E-state index contributed by atoms with van der Waals surface area (Å²) in [4.78, 5) is 19.0. The molecule has 4 heterocycles. The molecule has 26 heavy (non-hydrogen) atoms. The zero-order valence-corrected chi connectivity index (χ0v) is 15.1. The van der Waals surface area contributed by atoms with Crippen LogP contribution in [0.2, 0.25) is 0 Å². The molecule has 2 aliphatic rings. The van der Waals surface area contributed by atoms with Crippen LogP contribution in [0, 0.1) is 0 Å². The highest BCUT2D eigenvalue weighted by atomic mass is 16.6. The lowest BCUT2D eigenvalue weighted by Gasteiger charge is -2.39. The van der Waals surface area contributed by atoms with E-state index in [2.05, 4.69) is 4.98 Å². The van der Waals surface area contributed by atoms with Crippen LogP contribution in [0.15, 0.2) is 42.7 Å². The first kappa shape index (κ1) is 17.2. The SMILES string of the molecule is Cn1cccc1C(=O)N1CCC[C@]2(C[C@@H](OCc3ccccn3)CO2)C1. The molecule has 0 saturated carbocycles. The fourth-order valence-corrected chi connectivity index (χ4v) is 4.00. The number of piperidine rings is 1. The Kier molecular flexibility index (Phi) is 4.78. The highest BCUT2D eigenvalue weighted by molar-refractivity contribution is 5.92. The van der Waals surface area contributed by atoms with Crippen LogP contribution >= 0.6 is 0 Å². The Morgan fingerprint density at radius 3 is 3.08 bits per heavy atom. The number of pyridine rings is 1. The van der Waals surface area contributed by atoms with Crippen molar-refractivity contribution in [2.45, 2.75) is 37.6 Å². The van der Waals surface area contributed by atoms with E-state index in [0.717, 1.165) is 37.2 Å². The fraction of sp³-hybridized carbons (Fsp3) is 0.500. The number of amides is 1. The van der Waals surface area contributed by atoms with Crippen molar-refractivity contribution < 1.29 is 14.3 Å². The summed E-state index contributed by atoms with van der Waals surface area (Å²) in [6.45, 7) is 2.50. The molecule has 0 unspecified atom stereocenters. The quantitative estimate of drug-likeness (QED) is 0.845. The third-order valence-corrected chi connectivity index (χ3v) is 5.36. The van der Waals surface area contributed by atoms with Crippen molar-refractivity contribution in [3.05, 3.63) is 54.1 Å². The number of carbonyl (C=O) groups is 1. The van der Waals surface area contributed by atoms with E-state index in [4.69, 9.17) is 9.47 Å². The van der Waals surface area contributed by atoms with E-state index in [1.165, 1.54) is 0 Å². The lowest BCUT2D eigenvalue weighted by atomic mass is 9.89. The highest BCUT2D eigenvalue weighted by Crippen LogP contribution is 2.36. The first-order valence-corrected chi connectivity index (χ1v) is 9.21. The minimum Gasteiger partial charge on any atom is -0.370 e. The van der Waals surface area contributed by atoms with E-state index in [1.807, 2.05) is 53.0 Å². The molecule has 0 bridgehead atoms. The van der Waals surface area contributed by atoms with Gasteiger partial charge >= 0.3 is 0 Å². The fourth-order valence-electron chi connectivity index (χ4n) is 4.00. The van der Waals surface area contributed by atoms with Gasteiger partial charge in [-0.2, -0.15) is 0 Å². The average molecular weight is 355 g/mol. The van der Waals surface area contributed by atoms with Crippen molar-refractivity contribution in [1.29, 1.82) is 0 Å². The van der Waals surface area contributed by atoms with Crippen LogP contribution in [0.1, 0.15) is 35.4 Å². The molecule has 2 fully saturated rings. The van der Waals surface area contributed by atoms with Crippen LogP contribution < -0.4 is 0 Å². The van der Waals surface area contributed by atoms with Gasteiger partial charge < -0.3 is 18.9 Å². The normalized spacial score (nSPS) is 25.7. The molecule has 0 N–H and O–H groups in total. The summed E-state index contributed by atoms with van der Waals surface area (Å²) in [6.07, 6.45) is 6.51. The molecule has 138 valence electrons. The molecule has 0 aliphatic carbocycles. The van der Waals surface area contributed by atoms with Gasteiger partial charge in [-0.1, -0.05) is 6.07 Å². The second-order valence-corrected chi connectivity index (χ2v) is 7.29. The summed E-state index contributed by atoms with van der Waals surface area (Å²) in [5.74, 6) is 0.0815. The van der Waals surface area contributed by atoms with Crippen LogP contribution in [0.3, 0.4) is 0 Å². The summed E-state index contributed by atoms with van der Waals surface area (Å²) in [6, 6.07) is 9.61. The van der Waals surface area contributed by atoms with Crippen LogP contribution in [-0.4, -0.2) is 51.8 Å². The van der Waals surface area contributed by atoms with Crippen molar-refractivity contribution in [2.75, 3.05) is 19.7 Å². The first-order valence-electron chi connectivity index (χ1n) is 9.21. The number of hydrogen-bond donors (Lipinski definition) is 0. The minimum atomic E-state index is -0.270. The van der Waals surface area contributed by atoms with E-state index >= 15 is 0 Å². The van der Waals surface area contributed by atoms with E-state index in [1.54, 1.807) is 6.20 Å². The van der Waals surface area contributed by atoms with Crippen molar-refractivity contribution >= 4 is 5.91 Å². The summed E-state index contributed by atoms with van der Waals surface area (Å²) in [5.41, 5.74) is 1.38. The molecule has 2 aromatic heterocycles. The highest BCUT2D eigenvalue weighted by Gasteiger charge is 2.45. The number of aromatic nitrogens is 2. The lowest BCUT2D eigenvalue weighted by molar-refractivity contribution is -0.0468. The van der Waals surface area contributed by atoms with Crippen molar-refractivity contribution in [3.63, 3.8) is 0 Å². The topological polar surface area (TPSA) is 56.6 Å². The Hall–Kier alpha value is -2.18. The molecule has 2 saturated heterocycles. The van der Waals surface area contributed by atoms with Crippen molar-refractivity contribution in [2.24, 2.45) is 7.05 Å². The van der Waals surface area contributed by atoms with Gasteiger partial charge in [0.15, 0.2) is 0 Å². The number of rotatable bonds is 4. The monoisotopic (exact) mass is 355 g/mol. The molecule has 1 amide bonds. The van der Waals surface area contributed by atoms with E-state index in [0.29, 0.717) is 19.8 Å². The number of nitrogens with zero attached hydrogens (tertiary/aromatic N) is 3. The van der Waals surface area contributed by atoms with Crippen LogP contribution in [0.25, 0.3) is 0 Å². The summed E-state index contributed by atoms with van der Waals surface area (Å²) >= 11 is 0. The molecule has 0 aromatic carbocycles. The van der Waals surface area contributed by atoms with E-state index in [9.17, 15) is 4.79 Å². The van der Waals surface area contributed by atoms with Gasteiger partial charge in [0.05, 0.1) is 37.2 Å². The molecule has 4 rings (SSSR count). The summed E-state index contributed by atoms with van der Waals surface area (Å²) in [7, 11) is 1.90. The molecule has 6 nitrogen and oxygen atoms in total. The first-order chi connectivity index (χ1) is 12.7. The third kappa shape index (κ3) is 3.52. The smallest absolute Gasteiger partial charge is 0.270 e. The van der Waals surface area contributed by atoms with Crippen LogP contribution in [0.5, 0.6) is 0 Å². The Bertz CT molecular complexity index is 761. The number of ether oxygens (including phenoxy) is 2. The number of aryl methyl sites for hydroxylation is 1. The van der Waals surface area contributed by atoms with Gasteiger partial charge in [-0.25, -0.2) is 0 Å². The lowest BCUT2D eigenvalue weighted by Crippen LogP contribution is -2.50. The number of carbonyl (C=O) groups excluding carboxylic acids is 1. The molecule has 6 heteroatoms. The number of likely N-dealkylation sites (tertiary alicyclic amines) is 1. The Labute approximate surface area is 153 Å². The third-order valence-electron chi connectivity index (χ3n) is 5.36. The van der Waals surface area contributed by atoms with Gasteiger partial charge in [-0.15, -0.1) is 0 Å². The second-order valence-electron chi connectivity index (χ2n) is 7.29. The molecule has 2 atom stereocenters. The molecule has 0 radical (unpaired) electrons. The molecular weight excluding hydrogens is 330 g/mol. The molecular formula is C20H25N3O3. The van der Waals surface area contributed by atoms with Gasteiger partial charge in [-0.3, -0.25) is 9.78 Å². The standard InChI is InChI=1S/C20H25N3O3/c1-22-10-4-7-18(22)19(24)23-11-5-8-20(15-23)12-17(14-26-20)25-13-16-6-2-3-9-21-16/h2-4,6-7,9-10,17H,5,8,11-15H2,1H3/t17-,20+/m1/s1. The molecule has 1 spiro atoms. The summed E-state index contributed by atoms with van der Waals surface area (Å²) in [5, 5.41) is 0. The maximum Gasteiger partial charge on any atom is 0.270 e. The van der Waals surface area contributed by atoms with E-state index in [-0.39, 0.29) is 17.6 Å². The van der Waals surface area contributed by atoms with Gasteiger partial charge in [0.1, 0.15) is 5.69 Å². The largest absolute Gasteiger partial charge is 0.370 e. The Balaban J connectivity index is 1.36. The zero-order valence-electron chi connectivity index (χ0n) is 15.1. The molecule has 2 aromatic rings. The summed E-state index contributed by atoms with van der Waals surface area (Å²) < 4.78 is 14.0. The minimum absolute atomic E-state index is 0.0575. The average Bonchev–Trinajstić information content (AvgIpc) is 3.27. The van der Waals surface area contributed by atoms with Gasteiger partial charge in [-0.05, 0) is 37.1 Å². The Morgan fingerprint density at radius 2 is 2.31 bits per heavy atom. The van der Waals surface area contributed by atoms with Crippen LogP contribution in [-0.2, 0) is 23.1 Å². The predicted molar refractivity (Wildman–Crippen MR) is 96.7 cm³/mol. The Morgan fingerprint density at radius 1 is 1.38 bits per heavy atom. The maximum absolute atomic E-state index is 12.8. The van der Waals surface area contributed by atoms with Crippen molar-refractivity contribution in [3.8, 4) is 0 Å². The maximum atomic E-state index is 12.8. The van der Waals surface area contributed by atoms with Gasteiger partial charge in [0, 0.05) is 32.4 Å². The second kappa shape index (κ2) is 7.21. The van der Waals surface area contributed by atoms with E-state index < -0.39 is 0 Å². The predicted octanol–water partition coefficient (Wildman–Crippen LogP) is 2.40. The zero-order chi connectivity index (χ0) is 18.0. The molecule has 2 aliphatic heterocycles.